The van der Waals surface area contributed by atoms with Gasteiger partial charge >= 0.3 is 5.97 Å². The van der Waals surface area contributed by atoms with Gasteiger partial charge in [-0.05, 0) is 5.92 Å². The van der Waals surface area contributed by atoms with Crippen LogP contribution in [0.1, 0.15) is 29.9 Å². The molecule has 0 radical (unpaired) electrons. The van der Waals surface area contributed by atoms with Gasteiger partial charge in [-0.25, -0.2) is 9.78 Å². The molecule has 0 saturated carbocycles. The van der Waals surface area contributed by atoms with Crippen molar-refractivity contribution < 1.29 is 9.53 Å². The van der Waals surface area contributed by atoms with Crippen molar-refractivity contribution in [3.05, 3.63) is 11.1 Å². The molecule has 98 valence electrons. The predicted molar refractivity (Wildman–Crippen MR) is 70.7 cm³/mol. The summed E-state index contributed by atoms with van der Waals surface area (Å²) in [5.41, 5.74) is 0. The zero-order valence-corrected chi connectivity index (χ0v) is 11.7. The van der Waals surface area contributed by atoms with Gasteiger partial charge in [0, 0.05) is 13.1 Å². The highest BCUT2D eigenvalue weighted by Crippen LogP contribution is 2.24. The third kappa shape index (κ3) is 4.00. The van der Waals surface area contributed by atoms with Crippen molar-refractivity contribution in [2.45, 2.75) is 20.3 Å². The van der Waals surface area contributed by atoms with Crippen molar-refractivity contribution >= 4 is 22.4 Å². The zero-order chi connectivity index (χ0) is 13.5. The predicted octanol–water partition coefficient (Wildman–Crippen LogP) is 2.31. The van der Waals surface area contributed by atoms with Crippen LogP contribution in [0.2, 0.25) is 0 Å². The van der Waals surface area contributed by atoms with E-state index >= 15 is 0 Å². The minimum Gasteiger partial charge on any atom is -0.465 e. The summed E-state index contributed by atoms with van der Waals surface area (Å²) in [6.45, 7) is 5.65. The SMILES string of the molecule is COC(=O)c1cnc(N(CCC#N)CC(C)C)s1. The molecule has 0 bridgehead atoms. The Balaban J connectivity index is 2.81. The van der Waals surface area contributed by atoms with Gasteiger partial charge in [-0.2, -0.15) is 5.26 Å². The standard InChI is InChI=1S/C12H17N3O2S/c1-9(2)8-15(6-4-5-13)12-14-7-10(18-12)11(16)17-3/h7,9H,4,6,8H2,1-3H3. The number of nitrogens with zero attached hydrogens (tertiary/aromatic N) is 3. The van der Waals surface area contributed by atoms with E-state index < -0.39 is 0 Å². The summed E-state index contributed by atoms with van der Waals surface area (Å²) >= 11 is 1.30. The van der Waals surface area contributed by atoms with Crippen molar-refractivity contribution in [1.82, 2.24) is 4.98 Å². The number of ether oxygens (including phenoxy) is 1. The van der Waals surface area contributed by atoms with Crippen LogP contribution in [0.5, 0.6) is 0 Å². The van der Waals surface area contributed by atoms with E-state index in [9.17, 15) is 4.79 Å². The topological polar surface area (TPSA) is 66.2 Å². The third-order valence-corrected chi connectivity index (χ3v) is 3.27. The molecule has 0 N–H and O–H groups in total. The normalized spacial score (nSPS) is 10.2. The number of anilines is 1. The Morgan fingerprint density at radius 2 is 2.39 bits per heavy atom. The van der Waals surface area contributed by atoms with Crippen LogP contribution in [0.15, 0.2) is 6.20 Å². The lowest BCUT2D eigenvalue weighted by atomic mass is 10.2. The van der Waals surface area contributed by atoms with Crippen LogP contribution in [0, 0.1) is 17.2 Å². The van der Waals surface area contributed by atoms with Gasteiger partial charge in [0.15, 0.2) is 5.13 Å². The van der Waals surface area contributed by atoms with Gasteiger partial charge in [-0.15, -0.1) is 0 Å². The molecular formula is C12H17N3O2S. The number of hydrogen-bond donors (Lipinski definition) is 0. The minimum atomic E-state index is -0.372. The second-order valence-electron chi connectivity index (χ2n) is 4.25. The maximum atomic E-state index is 11.4. The highest BCUT2D eigenvalue weighted by atomic mass is 32.1. The molecule has 0 fully saturated rings. The van der Waals surface area contributed by atoms with Crippen LogP contribution < -0.4 is 4.90 Å². The summed E-state index contributed by atoms with van der Waals surface area (Å²) in [6.07, 6.45) is 1.96. The maximum Gasteiger partial charge on any atom is 0.349 e. The molecule has 0 unspecified atom stereocenters. The lowest BCUT2D eigenvalue weighted by Crippen LogP contribution is -2.28. The quantitative estimate of drug-likeness (QED) is 0.740. The Bertz CT molecular complexity index is 437. The first kappa shape index (κ1) is 14.5. The molecule has 0 aromatic carbocycles. The van der Waals surface area contributed by atoms with E-state index in [1.807, 2.05) is 4.90 Å². The highest BCUT2D eigenvalue weighted by Gasteiger charge is 2.16. The molecular weight excluding hydrogens is 250 g/mol. The van der Waals surface area contributed by atoms with Gasteiger partial charge < -0.3 is 9.64 Å². The van der Waals surface area contributed by atoms with Gasteiger partial charge in [0.05, 0.1) is 25.8 Å². The summed E-state index contributed by atoms with van der Waals surface area (Å²) in [7, 11) is 1.35. The molecule has 0 aliphatic heterocycles. The summed E-state index contributed by atoms with van der Waals surface area (Å²) in [6, 6.07) is 2.13. The first-order valence-corrected chi connectivity index (χ1v) is 6.56. The van der Waals surface area contributed by atoms with Crippen LogP contribution in [-0.2, 0) is 4.74 Å². The van der Waals surface area contributed by atoms with E-state index in [2.05, 4.69) is 29.6 Å². The highest BCUT2D eigenvalue weighted by molar-refractivity contribution is 7.17. The van der Waals surface area contributed by atoms with Gasteiger partial charge in [0.25, 0.3) is 0 Å². The Labute approximate surface area is 111 Å². The van der Waals surface area contributed by atoms with E-state index in [0.29, 0.717) is 23.8 Å². The lowest BCUT2D eigenvalue weighted by Gasteiger charge is -2.22. The number of carbonyl (C=O) groups is 1. The Morgan fingerprint density at radius 1 is 1.67 bits per heavy atom. The number of rotatable bonds is 6. The fourth-order valence-corrected chi connectivity index (χ4v) is 2.37. The largest absolute Gasteiger partial charge is 0.465 e. The molecule has 0 amide bonds. The number of methoxy groups -OCH3 is 1. The fourth-order valence-electron chi connectivity index (χ4n) is 1.50. The Kier molecular flexibility index (Phi) is 5.59. The molecule has 0 aliphatic rings. The number of hydrogen-bond acceptors (Lipinski definition) is 6. The van der Waals surface area contributed by atoms with E-state index in [0.717, 1.165) is 11.7 Å². The van der Waals surface area contributed by atoms with Gasteiger partial charge in [-0.3, -0.25) is 0 Å². The number of aromatic nitrogens is 1. The second-order valence-corrected chi connectivity index (χ2v) is 5.26. The average Bonchev–Trinajstić information content (AvgIpc) is 2.82. The third-order valence-electron chi connectivity index (χ3n) is 2.23. The van der Waals surface area contributed by atoms with E-state index in [1.54, 1.807) is 0 Å². The molecule has 1 aromatic heterocycles. The summed E-state index contributed by atoms with van der Waals surface area (Å²) in [5.74, 6) is 0.0951. The molecule has 0 aliphatic carbocycles. The zero-order valence-electron chi connectivity index (χ0n) is 10.8. The van der Waals surface area contributed by atoms with Crippen LogP contribution >= 0.6 is 11.3 Å². The molecule has 1 aromatic rings. The van der Waals surface area contributed by atoms with Gasteiger partial charge in [-0.1, -0.05) is 25.2 Å². The van der Waals surface area contributed by atoms with E-state index in [1.165, 1.54) is 24.6 Å². The number of carbonyl (C=O) groups excluding carboxylic acids is 1. The Morgan fingerprint density at radius 3 is 2.94 bits per heavy atom. The molecule has 0 spiro atoms. The minimum absolute atomic E-state index is 0.372. The van der Waals surface area contributed by atoms with E-state index in [4.69, 9.17) is 5.26 Å². The lowest BCUT2D eigenvalue weighted by molar-refractivity contribution is 0.0606. The molecule has 18 heavy (non-hydrogen) atoms. The number of nitriles is 1. The molecule has 5 nitrogen and oxygen atoms in total. The first-order chi connectivity index (χ1) is 8.58. The van der Waals surface area contributed by atoms with Crippen LogP contribution in [-0.4, -0.2) is 31.2 Å². The summed E-state index contributed by atoms with van der Waals surface area (Å²) < 4.78 is 4.65. The fraction of sp³-hybridized carbons (Fsp3) is 0.583. The first-order valence-electron chi connectivity index (χ1n) is 5.74. The summed E-state index contributed by atoms with van der Waals surface area (Å²) in [5, 5.41) is 9.42. The molecule has 6 heteroatoms. The molecule has 1 heterocycles. The van der Waals surface area contributed by atoms with Gasteiger partial charge in [0.2, 0.25) is 0 Å². The maximum absolute atomic E-state index is 11.4. The number of esters is 1. The van der Waals surface area contributed by atoms with Crippen molar-refractivity contribution in [3.63, 3.8) is 0 Å². The summed E-state index contributed by atoms with van der Waals surface area (Å²) in [4.78, 5) is 18.1. The number of thiazole rings is 1. The van der Waals surface area contributed by atoms with Crippen molar-refractivity contribution in [3.8, 4) is 6.07 Å². The Hall–Kier alpha value is -1.61. The molecule has 0 saturated heterocycles. The average molecular weight is 267 g/mol. The van der Waals surface area contributed by atoms with Crippen molar-refractivity contribution in [2.75, 3.05) is 25.1 Å². The van der Waals surface area contributed by atoms with Crippen LogP contribution in [0.25, 0.3) is 0 Å². The van der Waals surface area contributed by atoms with Crippen LogP contribution in [0.4, 0.5) is 5.13 Å². The second kappa shape index (κ2) is 6.97. The van der Waals surface area contributed by atoms with Crippen LogP contribution in [0.3, 0.4) is 0 Å². The smallest absolute Gasteiger partial charge is 0.349 e. The monoisotopic (exact) mass is 267 g/mol. The molecule has 0 atom stereocenters. The molecule has 1 rings (SSSR count). The van der Waals surface area contributed by atoms with Crippen molar-refractivity contribution in [1.29, 1.82) is 5.26 Å². The van der Waals surface area contributed by atoms with E-state index in [-0.39, 0.29) is 5.97 Å². The van der Waals surface area contributed by atoms with Crippen molar-refractivity contribution in [2.24, 2.45) is 5.92 Å². The van der Waals surface area contributed by atoms with Gasteiger partial charge in [0.1, 0.15) is 4.88 Å².